The molecule has 0 aliphatic rings. The number of rotatable bonds is 8. The number of para-hydroxylation sites is 1. The Morgan fingerprint density at radius 3 is 2.57 bits per heavy atom. The van der Waals surface area contributed by atoms with E-state index in [1.54, 1.807) is 18.2 Å². The van der Waals surface area contributed by atoms with Gasteiger partial charge in [0, 0.05) is 31.2 Å². The number of carbonyl (C=O) groups is 2. The zero-order valence-corrected chi connectivity index (χ0v) is 19.4. The fourth-order valence-corrected chi connectivity index (χ4v) is 3.66. The quantitative estimate of drug-likeness (QED) is 0.393. The molecule has 0 radical (unpaired) electrons. The van der Waals surface area contributed by atoms with Crippen molar-refractivity contribution in [2.24, 2.45) is 7.05 Å². The van der Waals surface area contributed by atoms with E-state index in [2.05, 4.69) is 21.4 Å². The Kier molecular flexibility index (Phi) is 7.02. The van der Waals surface area contributed by atoms with Crippen LogP contribution in [-0.2, 0) is 23.1 Å². The third-order valence-electron chi connectivity index (χ3n) is 5.59. The van der Waals surface area contributed by atoms with Gasteiger partial charge < -0.3 is 19.5 Å². The van der Waals surface area contributed by atoms with E-state index in [9.17, 15) is 9.59 Å². The van der Waals surface area contributed by atoms with Crippen LogP contribution in [0.1, 0.15) is 28.2 Å². The van der Waals surface area contributed by atoms with Crippen molar-refractivity contribution in [1.82, 2.24) is 14.5 Å². The standard InChI is InChI=1S/C26H24N6O3/c1-31-23(17-28-20-10-8-18(15-27)9-11-20)30-22-14-19(16-29-25(22)31)26(34)32(13-12-24(33)35-2)21-6-4-3-5-7-21/h3-11,14,16,28H,12-13,17H2,1-2H3. The summed E-state index contributed by atoms with van der Waals surface area (Å²) in [6.07, 6.45) is 1.60. The summed E-state index contributed by atoms with van der Waals surface area (Å²) in [4.78, 5) is 35.8. The fourth-order valence-electron chi connectivity index (χ4n) is 3.66. The molecule has 0 saturated heterocycles. The van der Waals surface area contributed by atoms with Crippen molar-refractivity contribution in [1.29, 1.82) is 5.26 Å². The molecule has 176 valence electrons. The van der Waals surface area contributed by atoms with Crippen molar-refractivity contribution in [3.63, 3.8) is 0 Å². The number of ether oxygens (including phenoxy) is 1. The number of amides is 1. The van der Waals surface area contributed by atoms with Crippen molar-refractivity contribution in [2.45, 2.75) is 13.0 Å². The molecule has 0 fully saturated rings. The molecule has 0 spiro atoms. The highest BCUT2D eigenvalue weighted by molar-refractivity contribution is 6.07. The van der Waals surface area contributed by atoms with Gasteiger partial charge in [0.05, 0.1) is 37.3 Å². The number of hydrogen-bond donors (Lipinski definition) is 1. The van der Waals surface area contributed by atoms with Crippen molar-refractivity contribution < 1.29 is 14.3 Å². The summed E-state index contributed by atoms with van der Waals surface area (Å²) in [6, 6.07) is 20.1. The summed E-state index contributed by atoms with van der Waals surface area (Å²) in [7, 11) is 3.19. The van der Waals surface area contributed by atoms with Crippen molar-refractivity contribution >= 4 is 34.4 Å². The van der Waals surface area contributed by atoms with Gasteiger partial charge in [-0.05, 0) is 42.5 Å². The van der Waals surface area contributed by atoms with Crippen LogP contribution in [0.3, 0.4) is 0 Å². The molecule has 35 heavy (non-hydrogen) atoms. The van der Waals surface area contributed by atoms with E-state index in [-0.39, 0.29) is 18.9 Å². The Bertz CT molecular complexity index is 1390. The number of carbonyl (C=O) groups excluding carboxylic acids is 2. The summed E-state index contributed by atoms with van der Waals surface area (Å²) in [5.74, 6) is 0.0703. The molecule has 2 aromatic carbocycles. The van der Waals surface area contributed by atoms with Gasteiger partial charge in [-0.1, -0.05) is 18.2 Å². The highest BCUT2D eigenvalue weighted by atomic mass is 16.5. The number of pyridine rings is 1. The second kappa shape index (κ2) is 10.5. The number of benzene rings is 2. The average Bonchev–Trinajstić information content (AvgIpc) is 3.22. The third kappa shape index (κ3) is 5.28. The first-order valence-corrected chi connectivity index (χ1v) is 11.0. The molecule has 0 aliphatic carbocycles. The number of hydrogen-bond acceptors (Lipinski definition) is 7. The Hall–Kier alpha value is -4.71. The maximum absolute atomic E-state index is 13.4. The lowest BCUT2D eigenvalue weighted by Gasteiger charge is -2.22. The molecule has 1 N–H and O–H groups in total. The number of methoxy groups -OCH3 is 1. The van der Waals surface area contributed by atoms with Gasteiger partial charge in [0.1, 0.15) is 11.3 Å². The van der Waals surface area contributed by atoms with Crippen LogP contribution in [0.25, 0.3) is 11.2 Å². The van der Waals surface area contributed by atoms with Gasteiger partial charge in [0.25, 0.3) is 5.91 Å². The Morgan fingerprint density at radius 1 is 1.14 bits per heavy atom. The SMILES string of the molecule is COC(=O)CCN(C(=O)c1cnc2c(c1)nc(CNc1ccc(C#N)cc1)n2C)c1ccccc1. The van der Waals surface area contributed by atoms with Gasteiger partial charge in [-0.2, -0.15) is 5.26 Å². The molecule has 1 amide bonds. The number of esters is 1. The molecule has 2 heterocycles. The summed E-state index contributed by atoms with van der Waals surface area (Å²) >= 11 is 0. The van der Waals surface area contributed by atoms with Crippen LogP contribution in [0.15, 0.2) is 66.9 Å². The maximum atomic E-state index is 13.4. The molecule has 0 atom stereocenters. The first-order valence-electron chi connectivity index (χ1n) is 11.0. The number of fused-ring (bicyclic) bond motifs is 1. The second-order valence-corrected chi connectivity index (χ2v) is 7.81. The smallest absolute Gasteiger partial charge is 0.307 e. The minimum Gasteiger partial charge on any atom is -0.469 e. The molecule has 0 unspecified atom stereocenters. The molecule has 0 bridgehead atoms. The fraction of sp³-hybridized carbons (Fsp3) is 0.192. The molecule has 9 nitrogen and oxygen atoms in total. The second-order valence-electron chi connectivity index (χ2n) is 7.81. The summed E-state index contributed by atoms with van der Waals surface area (Å²) in [5.41, 5.74) is 3.75. The zero-order chi connectivity index (χ0) is 24.8. The van der Waals surface area contributed by atoms with E-state index in [1.165, 1.54) is 18.2 Å². The third-order valence-corrected chi connectivity index (χ3v) is 5.59. The largest absolute Gasteiger partial charge is 0.469 e. The van der Waals surface area contributed by atoms with E-state index >= 15 is 0 Å². The van der Waals surface area contributed by atoms with E-state index < -0.39 is 5.97 Å². The van der Waals surface area contributed by atoms with Crippen LogP contribution in [0.2, 0.25) is 0 Å². The molecular weight excluding hydrogens is 444 g/mol. The first kappa shape index (κ1) is 23.4. The monoisotopic (exact) mass is 468 g/mol. The van der Waals surface area contributed by atoms with Gasteiger partial charge in [-0.15, -0.1) is 0 Å². The molecule has 9 heteroatoms. The van der Waals surface area contributed by atoms with Crippen molar-refractivity contribution in [2.75, 3.05) is 23.9 Å². The van der Waals surface area contributed by atoms with Crippen molar-refractivity contribution in [3.05, 3.63) is 83.8 Å². The lowest BCUT2D eigenvalue weighted by atomic mass is 10.2. The summed E-state index contributed by atoms with van der Waals surface area (Å²) in [5, 5.41) is 12.2. The number of anilines is 2. The molecule has 0 aliphatic heterocycles. The predicted molar refractivity (Wildman–Crippen MR) is 132 cm³/mol. The van der Waals surface area contributed by atoms with Crippen LogP contribution in [0.4, 0.5) is 11.4 Å². The van der Waals surface area contributed by atoms with Crippen LogP contribution < -0.4 is 10.2 Å². The minimum atomic E-state index is -0.392. The molecule has 4 rings (SSSR count). The Labute approximate surface area is 202 Å². The molecule has 2 aromatic heterocycles. The topological polar surface area (TPSA) is 113 Å². The van der Waals surface area contributed by atoms with E-state index in [0.717, 1.165) is 11.5 Å². The summed E-state index contributed by atoms with van der Waals surface area (Å²) in [6.45, 7) is 0.618. The van der Waals surface area contributed by atoms with Gasteiger partial charge in [-0.25, -0.2) is 9.97 Å². The number of imidazole rings is 1. The Balaban J connectivity index is 1.57. The normalized spacial score (nSPS) is 10.5. The first-order chi connectivity index (χ1) is 17.0. The average molecular weight is 469 g/mol. The number of nitriles is 1. The van der Waals surface area contributed by atoms with Gasteiger partial charge in [0.15, 0.2) is 5.65 Å². The van der Waals surface area contributed by atoms with Gasteiger partial charge in [0.2, 0.25) is 0 Å². The maximum Gasteiger partial charge on any atom is 0.307 e. The van der Waals surface area contributed by atoms with E-state index in [1.807, 2.05) is 54.1 Å². The van der Waals surface area contributed by atoms with Gasteiger partial charge >= 0.3 is 5.97 Å². The highest BCUT2D eigenvalue weighted by Crippen LogP contribution is 2.21. The summed E-state index contributed by atoms with van der Waals surface area (Å²) < 4.78 is 6.61. The number of nitrogens with one attached hydrogen (secondary N) is 1. The highest BCUT2D eigenvalue weighted by Gasteiger charge is 2.21. The van der Waals surface area contributed by atoms with Crippen LogP contribution in [-0.4, -0.2) is 40.1 Å². The predicted octanol–water partition coefficient (Wildman–Crippen LogP) is 3.66. The minimum absolute atomic E-state index is 0.0710. The van der Waals surface area contributed by atoms with Crippen LogP contribution >= 0.6 is 0 Å². The molecule has 4 aromatic rings. The number of aromatic nitrogens is 3. The molecular formula is C26H24N6O3. The van der Waals surface area contributed by atoms with Gasteiger partial charge in [-0.3, -0.25) is 9.59 Å². The molecule has 0 saturated carbocycles. The van der Waals surface area contributed by atoms with Crippen LogP contribution in [0.5, 0.6) is 0 Å². The zero-order valence-electron chi connectivity index (χ0n) is 19.4. The Morgan fingerprint density at radius 2 is 1.89 bits per heavy atom. The lowest BCUT2D eigenvalue weighted by Crippen LogP contribution is -2.33. The number of aryl methyl sites for hydroxylation is 1. The van der Waals surface area contributed by atoms with Crippen LogP contribution in [0, 0.1) is 11.3 Å². The van der Waals surface area contributed by atoms with Crippen molar-refractivity contribution in [3.8, 4) is 6.07 Å². The number of nitrogens with zero attached hydrogens (tertiary/aromatic N) is 5. The van der Waals surface area contributed by atoms with E-state index in [4.69, 9.17) is 10.00 Å². The lowest BCUT2D eigenvalue weighted by molar-refractivity contribution is -0.140. The van der Waals surface area contributed by atoms with E-state index in [0.29, 0.717) is 34.5 Å².